The molecule has 0 radical (unpaired) electrons. The van der Waals surface area contributed by atoms with E-state index in [0.29, 0.717) is 23.1 Å². The van der Waals surface area contributed by atoms with Crippen LogP contribution >= 0.6 is 11.6 Å². The lowest BCUT2D eigenvalue weighted by Gasteiger charge is -2.18. The highest BCUT2D eigenvalue weighted by molar-refractivity contribution is 6.30. The molecule has 0 unspecified atom stereocenters. The summed E-state index contributed by atoms with van der Waals surface area (Å²) in [6, 6.07) is 10.2. The Kier molecular flexibility index (Phi) is 6.88. The fourth-order valence-corrected chi connectivity index (χ4v) is 2.61. The summed E-state index contributed by atoms with van der Waals surface area (Å²) in [6.45, 7) is 5.32. The number of rotatable bonds is 8. The molecule has 0 saturated heterocycles. The molecule has 0 atom stereocenters. The standard InChI is InChI=1S/C19H23ClFNO2/c1-13(2)24-19-15(10-16(20)11-18(19)23-3)12-22-9-8-14-4-6-17(21)7-5-14/h4-7,10-11,13,22H,8-9,12H2,1-3H3. The van der Waals surface area contributed by atoms with Crippen molar-refractivity contribution in [3.05, 3.63) is 58.4 Å². The summed E-state index contributed by atoms with van der Waals surface area (Å²) >= 11 is 6.16. The maximum absolute atomic E-state index is 12.9. The molecule has 24 heavy (non-hydrogen) atoms. The third kappa shape index (κ3) is 5.39. The molecule has 0 aliphatic heterocycles. The van der Waals surface area contributed by atoms with Crippen LogP contribution in [0.4, 0.5) is 4.39 Å². The number of methoxy groups -OCH3 is 1. The Balaban J connectivity index is 2.00. The van der Waals surface area contributed by atoms with Gasteiger partial charge in [-0.05, 0) is 50.6 Å². The Hall–Kier alpha value is -1.78. The zero-order valence-electron chi connectivity index (χ0n) is 14.2. The summed E-state index contributed by atoms with van der Waals surface area (Å²) in [7, 11) is 1.60. The second-order valence-corrected chi connectivity index (χ2v) is 6.25. The van der Waals surface area contributed by atoms with Crippen molar-refractivity contribution < 1.29 is 13.9 Å². The number of halogens is 2. The first-order chi connectivity index (χ1) is 11.5. The molecule has 0 aromatic heterocycles. The molecule has 1 N–H and O–H groups in total. The average Bonchev–Trinajstić information content (AvgIpc) is 2.54. The molecular formula is C19H23ClFNO2. The molecule has 5 heteroatoms. The molecule has 2 aromatic rings. The monoisotopic (exact) mass is 351 g/mol. The number of hydrogen-bond donors (Lipinski definition) is 1. The summed E-state index contributed by atoms with van der Waals surface area (Å²) in [5.41, 5.74) is 2.04. The van der Waals surface area contributed by atoms with Crippen molar-refractivity contribution in [2.75, 3.05) is 13.7 Å². The van der Waals surface area contributed by atoms with Crippen molar-refractivity contribution in [3.8, 4) is 11.5 Å². The maximum atomic E-state index is 12.9. The minimum atomic E-state index is -0.215. The van der Waals surface area contributed by atoms with Crippen LogP contribution in [-0.4, -0.2) is 19.8 Å². The van der Waals surface area contributed by atoms with Gasteiger partial charge in [0, 0.05) is 23.2 Å². The van der Waals surface area contributed by atoms with Crippen molar-refractivity contribution in [3.63, 3.8) is 0 Å². The van der Waals surface area contributed by atoms with E-state index in [4.69, 9.17) is 21.1 Å². The van der Waals surface area contributed by atoms with Gasteiger partial charge in [0.1, 0.15) is 5.82 Å². The minimum absolute atomic E-state index is 0.0399. The molecule has 0 bridgehead atoms. The smallest absolute Gasteiger partial charge is 0.166 e. The van der Waals surface area contributed by atoms with Crippen LogP contribution < -0.4 is 14.8 Å². The second-order valence-electron chi connectivity index (χ2n) is 5.82. The third-order valence-corrected chi connectivity index (χ3v) is 3.71. The second kappa shape index (κ2) is 8.90. The number of benzene rings is 2. The van der Waals surface area contributed by atoms with Crippen LogP contribution in [0.5, 0.6) is 11.5 Å². The summed E-state index contributed by atoms with van der Waals surface area (Å²) in [6.07, 6.45) is 0.858. The van der Waals surface area contributed by atoms with Gasteiger partial charge in [-0.25, -0.2) is 4.39 Å². The summed E-state index contributed by atoms with van der Waals surface area (Å²) < 4.78 is 24.2. The Bertz CT molecular complexity index is 659. The topological polar surface area (TPSA) is 30.5 Å². The molecule has 0 spiro atoms. The highest BCUT2D eigenvalue weighted by Crippen LogP contribution is 2.35. The van der Waals surface area contributed by atoms with Crippen molar-refractivity contribution >= 4 is 11.6 Å². The van der Waals surface area contributed by atoms with Gasteiger partial charge in [0.05, 0.1) is 13.2 Å². The SMILES string of the molecule is COc1cc(Cl)cc(CNCCc2ccc(F)cc2)c1OC(C)C. The van der Waals surface area contributed by atoms with Gasteiger partial charge in [0.25, 0.3) is 0 Å². The lowest BCUT2D eigenvalue weighted by molar-refractivity contribution is 0.227. The summed E-state index contributed by atoms with van der Waals surface area (Å²) in [5.74, 6) is 1.13. The van der Waals surface area contributed by atoms with Gasteiger partial charge in [-0.3, -0.25) is 0 Å². The van der Waals surface area contributed by atoms with Crippen LogP contribution in [0.15, 0.2) is 36.4 Å². The highest BCUT2D eigenvalue weighted by Gasteiger charge is 2.14. The van der Waals surface area contributed by atoms with Gasteiger partial charge in [-0.1, -0.05) is 23.7 Å². The zero-order chi connectivity index (χ0) is 17.5. The van der Waals surface area contributed by atoms with Gasteiger partial charge < -0.3 is 14.8 Å². The molecule has 2 aromatic carbocycles. The number of nitrogens with one attached hydrogen (secondary N) is 1. The fraction of sp³-hybridized carbons (Fsp3) is 0.368. The fourth-order valence-electron chi connectivity index (χ4n) is 2.38. The molecule has 3 nitrogen and oxygen atoms in total. The zero-order valence-corrected chi connectivity index (χ0v) is 15.0. The van der Waals surface area contributed by atoms with Crippen LogP contribution in [0.1, 0.15) is 25.0 Å². The van der Waals surface area contributed by atoms with Crippen molar-refractivity contribution in [2.24, 2.45) is 0 Å². The lowest BCUT2D eigenvalue weighted by Crippen LogP contribution is -2.18. The van der Waals surface area contributed by atoms with E-state index < -0.39 is 0 Å². The predicted molar refractivity (Wildman–Crippen MR) is 95.6 cm³/mol. The van der Waals surface area contributed by atoms with Crippen molar-refractivity contribution in [1.29, 1.82) is 0 Å². The van der Waals surface area contributed by atoms with Crippen LogP contribution in [-0.2, 0) is 13.0 Å². The molecule has 0 aliphatic carbocycles. The van der Waals surface area contributed by atoms with Crippen LogP contribution in [0, 0.1) is 5.82 Å². The molecule has 2 rings (SSSR count). The van der Waals surface area contributed by atoms with E-state index in [0.717, 1.165) is 24.1 Å². The minimum Gasteiger partial charge on any atom is -0.493 e. The first kappa shape index (κ1) is 18.6. The Labute approximate surface area is 147 Å². The molecule has 0 fully saturated rings. The normalized spacial score (nSPS) is 10.9. The molecular weight excluding hydrogens is 329 g/mol. The molecule has 0 aliphatic rings. The molecule has 0 saturated carbocycles. The Morgan fingerprint density at radius 1 is 1.17 bits per heavy atom. The van der Waals surface area contributed by atoms with E-state index in [-0.39, 0.29) is 11.9 Å². The largest absolute Gasteiger partial charge is 0.493 e. The molecule has 0 heterocycles. The van der Waals surface area contributed by atoms with E-state index in [9.17, 15) is 4.39 Å². The average molecular weight is 352 g/mol. The van der Waals surface area contributed by atoms with Crippen LogP contribution in [0.3, 0.4) is 0 Å². The Morgan fingerprint density at radius 2 is 1.88 bits per heavy atom. The van der Waals surface area contributed by atoms with E-state index in [1.165, 1.54) is 12.1 Å². The highest BCUT2D eigenvalue weighted by atomic mass is 35.5. The third-order valence-electron chi connectivity index (χ3n) is 3.49. The molecule has 130 valence electrons. The number of ether oxygens (including phenoxy) is 2. The van der Waals surface area contributed by atoms with Gasteiger partial charge in [0.2, 0.25) is 0 Å². The lowest BCUT2D eigenvalue weighted by atomic mass is 10.1. The van der Waals surface area contributed by atoms with E-state index in [2.05, 4.69) is 5.32 Å². The molecule has 0 amide bonds. The van der Waals surface area contributed by atoms with Gasteiger partial charge >= 0.3 is 0 Å². The predicted octanol–water partition coefficient (Wildman–Crippen LogP) is 4.61. The number of hydrogen-bond acceptors (Lipinski definition) is 3. The quantitative estimate of drug-likeness (QED) is 0.705. The van der Waals surface area contributed by atoms with Gasteiger partial charge in [-0.2, -0.15) is 0 Å². The Morgan fingerprint density at radius 3 is 2.50 bits per heavy atom. The van der Waals surface area contributed by atoms with Crippen LogP contribution in [0.25, 0.3) is 0 Å². The summed E-state index contributed by atoms with van der Waals surface area (Å²) in [5, 5.41) is 3.98. The van der Waals surface area contributed by atoms with Crippen molar-refractivity contribution in [1.82, 2.24) is 5.32 Å². The van der Waals surface area contributed by atoms with E-state index in [1.807, 2.05) is 19.9 Å². The summed E-state index contributed by atoms with van der Waals surface area (Å²) in [4.78, 5) is 0. The maximum Gasteiger partial charge on any atom is 0.166 e. The van der Waals surface area contributed by atoms with Crippen LogP contribution in [0.2, 0.25) is 5.02 Å². The van der Waals surface area contributed by atoms with E-state index in [1.54, 1.807) is 25.3 Å². The first-order valence-electron chi connectivity index (χ1n) is 7.98. The van der Waals surface area contributed by atoms with E-state index >= 15 is 0 Å². The van der Waals surface area contributed by atoms with Gasteiger partial charge in [-0.15, -0.1) is 0 Å². The van der Waals surface area contributed by atoms with Gasteiger partial charge in [0.15, 0.2) is 11.5 Å². The van der Waals surface area contributed by atoms with Crippen molar-refractivity contribution in [2.45, 2.75) is 32.9 Å². The first-order valence-corrected chi connectivity index (χ1v) is 8.35.